The minimum Gasteiger partial charge on any atom is -0.378 e. The van der Waals surface area contributed by atoms with Crippen LogP contribution in [0.1, 0.15) is 0 Å². The van der Waals surface area contributed by atoms with Gasteiger partial charge in [-0.1, -0.05) is 0 Å². The van der Waals surface area contributed by atoms with Gasteiger partial charge in [0, 0.05) is 25.2 Å². The Kier molecular flexibility index (Phi) is 1.91. The third-order valence-corrected chi connectivity index (χ3v) is 2.74. The van der Waals surface area contributed by atoms with E-state index in [0.29, 0.717) is 5.65 Å². The monoisotopic (exact) mass is 229 g/mol. The van der Waals surface area contributed by atoms with Gasteiger partial charge in [0.15, 0.2) is 5.65 Å². The van der Waals surface area contributed by atoms with Crippen LogP contribution in [-0.4, -0.2) is 33.7 Å². The van der Waals surface area contributed by atoms with Gasteiger partial charge in [-0.25, -0.2) is 9.78 Å². The first kappa shape index (κ1) is 9.83. The first-order valence-electron chi connectivity index (χ1n) is 5.20. The molecule has 0 aliphatic carbocycles. The van der Waals surface area contributed by atoms with Gasteiger partial charge in [-0.15, -0.1) is 0 Å². The van der Waals surface area contributed by atoms with Gasteiger partial charge in [0.25, 0.3) is 0 Å². The Balaban J connectivity index is 2.49. The lowest BCUT2D eigenvalue weighted by atomic mass is 10.2. The Morgan fingerprint density at radius 3 is 2.94 bits per heavy atom. The Bertz CT molecular complexity index is 755. The molecule has 6 heteroatoms. The molecule has 0 bridgehead atoms. The van der Waals surface area contributed by atoms with Crippen molar-refractivity contribution in [3.63, 3.8) is 0 Å². The number of benzene rings is 1. The van der Waals surface area contributed by atoms with E-state index < -0.39 is 0 Å². The van der Waals surface area contributed by atoms with E-state index in [1.165, 1.54) is 10.8 Å². The number of H-pyrrole nitrogens is 1. The van der Waals surface area contributed by atoms with E-state index in [-0.39, 0.29) is 5.69 Å². The van der Waals surface area contributed by atoms with E-state index in [1.54, 1.807) is 0 Å². The maximum absolute atomic E-state index is 11.7. The van der Waals surface area contributed by atoms with Crippen molar-refractivity contribution in [2.75, 3.05) is 19.0 Å². The molecule has 0 unspecified atom stereocenters. The summed E-state index contributed by atoms with van der Waals surface area (Å²) in [6, 6.07) is 5.81. The summed E-state index contributed by atoms with van der Waals surface area (Å²) in [5.41, 5.74) is 2.12. The average molecular weight is 229 g/mol. The molecule has 0 saturated heterocycles. The van der Waals surface area contributed by atoms with Crippen molar-refractivity contribution in [1.29, 1.82) is 0 Å². The molecule has 3 aromatic rings. The zero-order valence-electron chi connectivity index (χ0n) is 9.51. The summed E-state index contributed by atoms with van der Waals surface area (Å²) in [7, 11) is 3.93. The standard InChI is InChI=1S/C11H11N5O/c1-15(2)7-3-4-9-8(5-7)10-12-6-13-16(10)11(17)14-9/h3-6H,1-2H3,(H,14,17). The average Bonchev–Trinajstić information content (AvgIpc) is 2.78. The Morgan fingerprint density at radius 2 is 2.18 bits per heavy atom. The van der Waals surface area contributed by atoms with Crippen LogP contribution in [0, 0.1) is 0 Å². The van der Waals surface area contributed by atoms with Crippen molar-refractivity contribution < 1.29 is 0 Å². The van der Waals surface area contributed by atoms with Crippen molar-refractivity contribution in [1.82, 2.24) is 19.6 Å². The number of hydrogen-bond acceptors (Lipinski definition) is 4. The van der Waals surface area contributed by atoms with Crippen LogP contribution < -0.4 is 10.6 Å². The normalized spacial score (nSPS) is 11.2. The molecule has 0 saturated carbocycles. The van der Waals surface area contributed by atoms with Crippen molar-refractivity contribution in [3.05, 3.63) is 35.0 Å². The van der Waals surface area contributed by atoms with E-state index in [9.17, 15) is 4.79 Å². The van der Waals surface area contributed by atoms with Crippen LogP contribution in [0.5, 0.6) is 0 Å². The summed E-state index contributed by atoms with van der Waals surface area (Å²) >= 11 is 0. The van der Waals surface area contributed by atoms with Gasteiger partial charge in [-0.05, 0) is 18.2 Å². The minimum absolute atomic E-state index is 0.275. The van der Waals surface area contributed by atoms with Gasteiger partial charge < -0.3 is 9.88 Å². The summed E-state index contributed by atoms with van der Waals surface area (Å²) in [4.78, 5) is 20.6. The molecule has 1 aromatic carbocycles. The van der Waals surface area contributed by atoms with Gasteiger partial charge >= 0.3 is 5.69 Å². The second-order valence-electron chi connectivity index (χ2n) is 4.05. The number of aromatic nitrogens is 4. The Hall–Kier alpha value is -2.37. The predicted octanol–water partition coefficient (Wildman–Crippen LogP) is 0.637. The second-order valence-corrected chi connectivity index (χ2v) is 4.05. The van der Waals surface area contributed by atoms with Crippen LogP contribution in [0.25, 0.3) is 16.6 Å². The lowest BCUT2D eigenvalue weighted by Crippen LogP contribution is -2.17. The summed E-state index contributed by atoms with van der Waals surface area (Å²) in [5.74, 6) is 0. The third kappa shape index (κ3) is 1.37. The van der Waals surface area contributed by atoms with E-state index in [2.05, 4.69) is 15.1 Å². The Morgan fingerprint density at radius 1 is 1.35 bits per heavy atom. The van der Waals surface area contributed by atoms with Crippen LogP contribution in [0.4, 0.5) is 5.69 Å². The zero-order valence-corrected chi connectivity index (χ0v) is 9.51. The topological polar surface area (TPSA) is 66.3 Å². The number of rotatable bonds is 1. The van der Waals surface area contributed by atoms with E-state index in [1.807, 2.05) is 37.2 Å². The third-order valence-electron chi connectivity index (χ3n) is 2.74. The molecule has 0 aliphatic heterocycles. The van der Waals surface area contributed by atoms with Crippen LogP contribution in [0.3, 0.4) is 0 Å². The van der Waals surface area contributed by atoms with E-state index >= 15 is 0 Å². The zero-order chi connectivity index (χ0) is 12.0. The summed E-state index contributed by atoms with van der Waals surface area (Å²) in [5, 5.41) is 4.77. The van der Waals surface area contributed by atoms with E-state index in [0.717, 1.165) is 16.6 Å². The highest BCUT2D eigenvalue weighted by molar-refractivity contribution is 5.93. The highest BCUT2D eigenvalue weighted by Crippen LogP contribution is 2.20. The van der Waals surface area contributed by atoms with Crippen molar-refractivity contribution in [2.24, 2.45) is 0 Å². The molecule has 2 heterocycles. The van der Waals surface area contributed by atoms with Crippen LogP contribution >= 0.6 is 0 Å². The minimum atomic E-state index is -0.275. The summed E-state index contributed by atoms with van der Waals surface area (Å²) in [6.07, 6.45) is 1.38. The molecular formula is C11H11N5O. The number of nitrogens with zero attached hydrogens (tertiary/aromatic N) is 4. The van der Waals surface area contributed by atoms with Crippen LogP contribution in [-0.2, 0) is 0 Å². The number of fused-ring (bicyclic) bond motifs is 3. The van der Waals surface area contributed by atoms with Gasteiger partial charge in [-0.3, -0.25) is 0 Å². The fraction of sp³-hybridized carbons (Fsp3) is 0.182. The van der Waals surface area contributed by atoms with Crippen LogP contribution in [0.15, 0.2) is 29.3 Å². The number of nitrogens with one attached hydrogen (secondary N) is 1. The lowest BCUT2D eigenvalue weighted by molar-refractivity contribution is 0.881. The van der Waals surface area contributed by atoms with Gasteiger partial charge in [0.05, 0.1) is 5.52 Å². The summed E-state index contributed by atoms with van der Waals surface area (Å²) in [6.45, 7) is 0. The molecule has 86 valence electrons. The SMILES string of the molecule is CN(C)c1ccc2[nH]c(=O)n3ncnc3c2c1. The molecule has 17 heavy (non-hydrogen) atoms. The first-order chi connectivity index (χ1) is 8.16. The molecule has 6 nitrogen and oxygen atoms in total. The lowest BCUT2D eigenvalue weighted by Gasteiger charge is -2.12. The highest BCUT2D eigenvalue weighted by atomic mass is 16.1. The molecular weight excluding hydrogens is 218 g/mol. The highest BCUT2D eigenvalue weighted by Gasteiger charge is 2.07. The van der Waals surface area contributed by atoms with Crippen molar-refractivity contribution >= 4 is 22.2 Å². The Labute approximate surface area is 96.5 Å². The maximum Gasteiger partial charge on any atom is 0.348 e. The molecule has 0 amide bonds. The quantitative estimate of drug-likeness (QED) is 0.665. The maximum atomic E-state index is 11.7. The number of aromatic amines is 1. The van der Waals surface area contributed by atoms with Crippen molar-refractivity contribution in [3.8, 4) is 0 Å². The molecule has 1 N–H and O–H groups in total. The second kappa shape index (κ2) is 3.31. The van der Waals surface area contributed by atoms with Crippen LogP contribution in [0.2, 0.25) is 0 Å². The fourth-order valence-corrected chi connectivity index (χ4v) is 1.85. The smallest absolute Gasteiger partial charge is 0.348 e. The molecule has 0 atom stereocenters. The predicted molar refractivity (Wildman–Crippen MR) is 65.4 cm³/mol. The molecule has 0 radical (unpaired) electrons. The fourth-order valence-electron chi connectivity index (χ4n) is 1.85. The number of hydrogen-bond donors (Lipinski definition) is 1. The van der Waals surface area contributed by atoms with Gasteiger partial charge in [0.2, 0.25) is 0 Å². The van der Waals surface area contributed by atoms with Gasteiger partial charge in [0.1, 0.15) is 6.33 Å². The largest absolute Gasteiger partial charge is 0.378 e. The van der Waals surface area contributed by atoms with Gasteiger partial charge in [-0.2, -0.15) is 9.61 Å². The van der Waals surface area contributed by atoms with Crippen molar-refractivity contribution in [2.45, 2.75) is 0 Å². The first-order valence-corrected chi connectivity index (χ1v) is 5.20. The molecule has 0 aliphatic rings. The molecule has 0 spiro atoms. The van der Waals surface area contributed by atoms with E-state index in [4.69, 9.17) is 0 Å². The molecule has 3 rings (SSSR count). The molecule has 0 fully saturated rings. The number of anilines is 1. The summed E-state index contributed by atoms with van der Waals surface area (Å²) < 4.78 is 1.27. The molecule has 2 aromatic heterocycles.